The van der Waals surface area contributed by atoms with Gasteiger partial charge in [0.1, 0.15) is 14.5 Å². The lowest BCUT2D eigenvalue weighted by molar-refractivity contribution is -0.167. The van der Waals surface area contributed by atoms with Gasteiger partial charge in [0.15, 0.2) is 15.9 Å². The first kappa shape index (κ1) is 32.7. The first-order chi connectivity index (χ1) is 17.8. The number of hydrogen-bond donors (Lipinski definition) is 1. The van der Waals surface area contributed by atoms with Crippen LogP contribution in [0.25, 0.3) is 0 Å². The van der Waals surface area contributed by atoms with Crippen LogP contribution in [-0.4, -0.2) is 88.0 Å². The molecule has 0 unspecified atom stereocenters. The second-order valence-corrected chi connectivity index (χ2v) is 14.9. The Labute approximate surface area is 232 Å². The zero-order valence-electron chi connectivity index (χ0n) is 22.9. The molecular weight excluding hydrogens is 574 g/mol. The molecule has 16 heteroatoms. The van der Waals surface area contributed by atoms with Crippen LogP contribution in [0.15, 0.2) is 14.5 Å². The van der Waals surface area contributed by atoms with Gasteiger partial charge in [-0.2, -0.15) is 0 Å². The van der Waals surface area contributed by atoms with Crippen molar-refractivity contribution in [3.63, 3.8) is 0 Å². The Hall–Kier alpha value is -2.56. The molecule has 1 aliphatic heterocycles. The maximum atomic E-state index is 13.3. The summed E-state index contributed by atoms with van der Waals surface area (Å²) in [6.07, 6.45) is -1.98. The molecule has 1 aliphatic rings. The van der Waals surface area contributed by atoms with Gasteiger partial charge in [0, 0.05) is 26.1 Å². The van der Waals surface area contributed by atoms with Gasteiger partial charge in [-0.05, 0) is 47.1 Å². The molecule has 0 aromatic carbocycles. The fourth-order valence-corrected chi connectivity index (χ4v) is 8.54. The van der Waals surface area contributed by atoms with Crippen molar-refractivity contribution >= 4 is 55.0 Å². The monoisotopic (exact) mass is 609 g/mol. The zero-order chi connectivity index (χ0) is 30.0. The van der Waals surface area contributed by atoms with Gasteiger partial charge in [0.2, 0.25) is 15.9 Å². The highest BCUT2D eigenvalue weighted by Gasteiger charge is 2.42. The first-order valence-electron chi connectivity index (χ1n) is 12.1. The number of carbonyl (C=O) groups is 4. The van der Waals surface area contributed by atoms with Crippen LogP contribution in [0.4, 0.5) is 0 Å². The van der Waals surface area contributed by atoms with Crippen molar-refractivity contribution < 1.29 is 45.5 Å². The van der Waals surface area contributed by atoms with E-state index >= 15 is 0 Å². The Kier molecular flexibility index (Phi) is 10.3. The highest BCUT2D eigenvalue weighted by Crippen LogP contribution is 2.45. The third-order valence-electron chi connectivity index (χ3n) is 6.54. The van der Waals surface area contributed by atoms with Gasteiger partial charge in [-0.15, -0.1) is 11.3 Å². The number of esters is 2. The van der Waals surface area contributed by atoms with Crippen LogP contribution in [-0.2, 0) is 48.5 Å². The summed E-state index contributed by atoms with van der Waals surface area (Å²) in [6.45, 7) is 8.46. The van der Waals surface area contributed by atoms with E-state index in [1.807, 2.05) is 0 Å². The molecule has 2 amide bonds. The number of primary sulfonamides is 1. The van der Waals surface area contributed by atoms with Crippen LogP contribution in [0.3, 0.4) is 0 Å². The SMILES string of the molecule is CCN(C(=O)CN(C)C(=O)[C@H](C)OC(=O)[C@H](C)[C@H](C)OC(C)=O)[C@H]1C[C@H](C)S(=O)(=O)c2sc(S(N)(=O)=O)cc21. The maximum absolute atomic E-state index is 13.3. The molecule has 0 saturated carbocycles. The number of carbonyl (C=O) groups excluding carboxylic acids is 4. The zero-order valence-corrected chi connectivity index (χ0v) is 25.3. The molecular formula is C23H35N3O10S3. The number of hydrogen-bond acceptors (Lipinski definition) is 11. The molecule has 2 rings (SSSR count). The van der Waals surface area contributed by atoms with Gasteiger partial charge >= 0.3 is 11.9 Å². The van der Waals surface area contributed by atoms with E-state index < -0.39 is 79.6 Å². The van der Waals surface area contributed by atoms with E-state index in [1.165, 1.54) is 52.6 Å². The molecule has 0 spiro atoms. The van der Waals surface area contributed by atoms with E-state index in [-0.39, 0.29) is 26.9 Å². The van der Waals surface area contributed by atoms with Gasteiger partial charge in [0.05, 0.1) is 23.8 Å². The molecule has 0 aliphatic carbocycles. The van der Waals surface area contributed by atoms with Crippen molar-refractivity contribution in [3.8, 4) is 0 Å². The van der Waals surface area contributed by atoms with E-state index in [4.69, 9.17) is 14.6 Å². The Balaban J connectivity index is 2.20. The van der Waals surface area contributed by atoms with Crippen molar-refractivity contribution in [2.75, 3.05) is 20.1 Å². The van der Waals surface area contributed by atoms with E-state index in [0.29, 0.717) is 11.3 Å². The summed E-state index contributed by atoms with van der Waals surface area (Å²) in [5.41, 5.74) is 0.171. The number of fused-ring (bicyclic) bond motifs is 1. The van der Waals surface area contributed by atoms with Crippen LogP contribution >= 0.6 is 11.3 Å². The number of nitrogens with two attached hydrogens (primary N) is 1. The van der Waals surface area contributed by atoms with Crippen LogP contribution in [0, 0.1) is 5.92 Å². The average molecular weight is 610 g/mol. The predicted molar refractivity (Wildman–Crippen MR) is 141 cm³/mol. The minimum atomic E-state index is -4.18. The number of thiophene rings is 1. The van der Waals surface area contributed by atoms with Crippen molar-refractivity contribution in [1.29, 1.82) is 0 Å². The van der Waals surface area contributed by atoms with Crippen molar-refractivity contribution in [3.05, 3.63) is 11.6 Å². The summed E-state index contributed by atoms with van der Waals surface area (Å²) in [5, 5.41) is 4.34. The van der Waals surface area contributed by atoms with Crippen LogP contribution in [0.1, 0.15) is 59.6 Å². The predicted octanol–water partition coefficient (Wildman–Crippen LogP) is 0.829. The molecule has 0 bridgehead atoms. The van der Waals surface area contributed by atoms with Crippen LogP contribution in [0.5, 0.6) is 0 Å². The highest BCUT2D eigenvalue weighted by atomic mass is 32.3. The standard InChI is InChI=1S/C23H35N3O10S3/c1-8-26(18-9-12(2)38(31,32)23-17(18)10-20(37-23)39(24,33)34)19(28)11-25(7)21(29)15(5)36-22(30)13(3)14(4)35-16(6)27/h10,12-15,18H,8-9,11H2,1-7H3,(H2,24,33,34)/t12-,13+,14-,15-,18-/m0/s1. The molecule has 1 aromatic rings. The Morgan fingerprint density at radius 1 is 1.18 bits per heavy atom. The number of sulfone groups is 1. The van der Waals surface area contributed by atoms with Crippen molar-refractivity contribution in [2.24, 2.45) is 11.1 Å². The van der Waals surface area contributed by atoms with Gasteiger partial charge in [-0.1, -0.05) is 0 Å². The second kappa shape index (κ2) is 12.3. The van der Waals surface area contributed by atoms with E-state index in [9.17, 15) is 36.0 Å². The van der Waals surface area contributed by atoms with Gasteiger partial charge in [0.25, 0.3) is 5.91 Å². The summed E-state index contributed by atoms with van der Waals surface area (Å²) in [7, 11) is -6.64. The molecule has 2 heterocycles. The molecule has 0 radical (unpaired) electrons. The van der Waals surface area contributed by atoms with Crippen LogP contribution < -0.4 is 5.14 Å². The van der Waals surface area contributed by atoms with E-state index in [1.54, 1.807) is 6.92 Å². The molecule has 13 nitrogen and oxygen atoms in total. The number of sulfonamides is 1. The number of amides is 2. The number of likely N-dealkylation sites (N-methyl/N-ethyl adjacent to an activating group) is 2. The molecule has 2 N–H and O–H groups in total. The summed E-state index contributed by atoms with van der Waals surface area (Å²) in [4.78, 5) is 52.1. The average Bonchev–Trinajstić information content (AvgIpc) is 3.28. The molecule has 1 aromatic heterocycles. The fraction of sp³-hybridized carbons (Fsp3) is 0.652. The van der Waals surface area contributed by atoms with Crippen molar-refractivity contribution in [1.82, 2.24) is 9.80 Å². The number of nitrogens with zero attached hydrogens (tertiary/aromatic N) is 2. The maximum Gasteiger partial charge on any atom is 0.313 e. The molecule has 0 fully saturated rings. The normalized spacial score (nSPS) is 20.6. The lowest BCUT2D eigenvalue weighted by Gasteiger charge is -2.36. The molecule has 39 heavy (non-hydrogen) atoms. The lowest BCUT2D eigenvalue weighted by atomic mass is 10.0. The number of ether oxygens (including phenoxy) is 2. The topological polar surface area (TPSA) is 188 Å². The summed E-state index contributed by atoms with van der Waals surface area (Å²) in [6, 6.07) is 0.429. The molecule has 5 atom stereocenters. The van der Waals surface area contributed by atoms with Crippen molar-refractivity contribution in [2.45, 2.75) is 79.9 Å². The smallest absolute Gasteiger partial charge is 0.313 e. The van der Waals surface area contributed by atoms with Gasteiger partial charge < -0.3 is 19.3 Å². The Bertz CT molecular complexity index is 1340. The molecule has 220 valence electrons. The van der Waals surface area contributed by atoms with Crippen LogP contribution in [0.2, 0.25) is 0 Å². The highest BCUT2D eigenvalue weighted by molar-refractivity contribution is 7.95. The number of rotatable bonds is 10. The minimum absolute atomic E-state index is 0.0276. The Morgan fingerprint density at radius 3 is 2.28 bits per heavy atom. The van der Waals surface area contributed by atoms with Gasteiger partial charge in [-0.25, -0.2) is 22.0 Å². The summed E-state index contributed by atoms with van der Waals surface area (Å²) in [5.74, 6) is -3.34. The lowest BCUT2D eigenvalue weighted by Crippen LogP contribution is -2.47. The quantitative estimate of drug-likeness (QED) is 0.372. The van der Waals surface area contributed by atoms with E-state index in [2.05, 4.69) is 0 Å². The third kappa shape index (κ3) is 7.35. The molecule has 0 saturated heterocycles. The van der Waals surface area contributed by atoms with Gasteiger partial charge in [-0.3, -0.25) is 19.2 Å². The fourth-order valence-electron chi connectivity index (χ4n) is 4.15. The summed E-state index contributed by atoms with van der Waals surface area (Å²) < 4.78 is 59.4. The summed E-state index contributed by atoms with van der Waals surface area (Å²) >= 11 is 0.553. The Morgan fingerprint density at radius 2 is 1.77 bits per heavy atom. The van der Waals surface area contributed by atoms with E-state index in [0.717, 1.165) is 4.90 Å². The third-order valence-corrected chi connectivity index (χ3v) is 11.9. The first-order valence-corrected chi connectivity index (χ1v) is 16.1. The largest absolute Gasteiger partial charge is 0.462 e. The second-order valence-electron chi connectivity index (χ2n) is 9.52. The minimum Gasteiger partial charge on any atom is -0.462 e.